The number of rotatable bonds is 6. The molecule has 1 aromatic heterocycles. The van der Waals surface area contributed by atoms with Crippen LogP contribution in [0.4, 0.5) is 4.79 Å². The average Bonchev–Trinajstić information content (AvgIpc) is 2.98. The molecule has 1 amide bonds. The molecule has 7 nitrogen and oxygen atoms in total. The van der Waals surface area contributed by atoms with Crippen LogP contribution in [0.25, 0.3) is 0 Å². The molecule has 0 bridgehead atoms. The molecule has 0 aromatic carbocycles. The van der Waals surface area contributed by atoms with Crippen molar-refractivity contribution in [2.75, 3.05) is 13.2 Å². The van der Waals surface area contributed by atoms with Crippen LogP contribution in [-0.2, 0) is 9.47 Å². The molecule has 0 spiro atoms. The molecule has 1 aromatic rings. The van der Waals surface area contributed by atoms with Gasteiger partial charge in [0.2, 0.25) is 0 Å². The number of imidazole rings is 1. The highest BCUT2D eigenvalue weighted by molar-refractivity contribution is 5.64. The third kappa shape index (κ3) is 4.23. The third-order valence-electron chi connectivity index (χ3n) is 3.53. The molecule has 1 aliphatic rings. The highest BCUT2D eigenvalue weighted by atomic mass is 16.7. The second kappa shape index (κ2) is 7.82. The summed E-state index contributed by atoms with van der Waals surface area (Å²) >= 11 is 0. The largest absolute Gasteiger partial charge is 0.465 e. The topological polar surface area (TPSA) is 85.6 Å². The smallest absolute Gasteiger partial charge is 0.404 e. The van der Waals surface area contributed by atoms with Crippen LogP contribution in [-0.4, -0.2) is 40.2 Å². The van der Waals surface area contributed by atoms with Crippen molar-refractivity contribution in [1.29, 1.82) is 0 Å². The molecule has 2 heterocycles. The first-order chi connectivity index (χ1) is 10.6. The summed E-state index contributed by atoms with van der Waals surface area (Å²) < 4.78 is 13.2. The molecule has 1 fully saturated rings. The lowest BCUT2D eigenvalue weighted by Gasteiger charge is -2.26. The number of ether oxygens (including phenoxy) is 2. The maximum atomic E-state index is 10.6. The summed E-state index contributed by atoms with van der Waals surface area (Å²) in [5, 5.41) is 11.0. The summed E-state index contributed by atoms with van der Waals surface area (Å²) in [7, 11) is 0. The Hall–Kier alpha value is -2.04. The number of amides is 1. The number of carbonyl (C=O) groups is 1. The van der Waals surface area contributed by atoms with Gasteiger partial charge in [-0.25, -0.2) is 9.78 Å². The van der Waals surface area contributed by atoms with Crippen LogP contribution in [0.2, 0.25) is 0 Å². The zero-order chi connectivity index (χ0) is 15.9. The molecule has 0 aliphatic carbocycles. The van der Waals surface area contributed by atoms with Gasteiger partial charge in [-0.3, -0.25) is 0 Å². The van der Waals surface area contributed by atoms with Crippen molar-refractivity contribution >= 4 is 6.09 Å². The van der Waals surface area contributed by atoms with Crippen molar-refractivity contribution in [1.82, 2.24) is 14.9 Å². The van der Waals surface area contributed by atoms with Crippen molar-refractivity contribution in [2.45, 2.75) is 44.6 Å². The van der Waals surface area contributed by atoms with Gasteiger partial charge in [0, 0.05) is 19.0 Å². The molecule has 3 atom stereocenters. The molecule has 2 N–H and O–H groups in total. The van der Waals surface area contributed by atoms with Gasteiger partial charge in [0.1, 0.15) is 18.0 Å². The van der Waals surface area contributed by atoms with Crippen LogP contribution in [0.5, 0.6) is 0 Å². The number of aromatic nitrogens is 2. The fourth-order valence-electron chi connectivity index (χ4n) is 2.43. The summed E-state index contributed by atoms with van der Waals surface area (Å²) in [6.07, 6.45) is 10.2. The fourth-order valence-corrected chi connectivity index (χ4v) is 2.43. The monoisotopic (exact) mass is 307 g/mol. The molecule has 1 saturated heterocycles. The molecule has 22 heavy (non-hydrogen) atoms. The van der Waals surface area contributed by atoms with Crippen molar-refractivity contribution < 1.29 is 19.4 Å². The van der Waals surface area contributed by atoms with Gasteiger partial charge >= 0.3 is 6.09 Å². The molecular formula is C15H21N3O4. The number of nitrogens with one attached hydrogen (secondary N) is 1. The lowest BCUT2D eigenvalue weighted by Crippen LogP contribution is -2.30. The first-order valence-corrected chi connectivity index (χ1v) is 7.34. The van der Waals surface area contributed by atoms with Crippen LogP contribution in [0.15, 0.2) is 12.4 Å². The number of nitrogens with zero attached hydrogens (tertiary/aromatic N) is 2. The van der Waals surface area contributed by atoms with Crippen LogP contribution < -0.4 is 5.32 Å². The maximum Gasteiger partial charge on any atom is 0.404 e. The van der Waals surface area contributed by atoms with E-state index >= 15 is 0 Å². The summed E-state index contributed by atoms with van der Waals surface area (Å²) in [4.78, 5) is 14.9. The lowest BCUT2D eigenvalue weighted by atomic mass is 10.2. The van der Waals surface area contributed by atoms with E-state index in [1.165, 1.54) is 0 Å². The zero-order valence-electron chi connectivity index (χ0n) is 12.6. The van der Waals surface area contributed by atoms with Gasteiger partial charge in [-0.1, -0.05) is 5.92 Å². The Labute approximate surface area is 129 Å². The molecule has 7 heteroatoms. The summed E-state index contributed by atoms with van der Waals surface area (Å²) in [6, 6.07) is -0.452. The zero-order valence-corrected chi connectivity index (χ0v) is 12.6. The van der Waals surface area contributed by atoms with E-state index in [2.05, 4.69) is 16.2 Å². The van der Waals surface area contributed by atoms with E-state index < -0.39 is 12.1 Å². The van der Waals surface area contributed by atoms with Gasteiger partial charge in [0.25, 0.3) is 0 Å². The van der Waals surface area contributed by atoms with E-state index in [0.717, 1.165) is 19.3 Å². The second-order valence-electron chi connectivity index (χ2n) is 5.14. The van der Waals surface area contributed by atoms with Gasteiger partial charge < -0.3 is 24.5 Å². The Bertz CT molecular complexity index is 531. The Morgan fingerprint density at radius 1 is 1.73 bits per heavy atom. The first-order valence-electron chi connectivity index (χ1n) is 7.34. The predicted octanol–water partition coefficient (Wildman–Crippen LogP) is 1.93. The highest BCUT2D eigenvalue weighted by Crippen LogP contribution is 2.24. The van der Waals surface area contributed by atoms with E-state index in [0.29, 0.717) is 12.4 Å². The molecule has 1 aliphatic heterocycles. The van der Waals surface area contributed by atoms with Crippen LogP contribution >= 0.6 is 0 Å². The van der Waals surface area contributed by atoms with Gasteiger partial charge in [0.05, 0.1) is 6.54 Å². The molecule has 0 saturated carbocycles. The average molecular weight is 307 g/mol. The normalized spacial score (nSPS) is 20.8. The number of hydrogen-bond acceptors (Lipinski definition) is 4. The van der Waals surface area contributed by atoms with E-state index in [9.17, 15) is 4.79 Å². The third-order valence-corrected chi connectivity index (χ3v) is 3.53. The standard InChI is InChI=1S/C15H21N3O4/c1-3-12(10-17-15(19)20)18-8-7-16-14(18)11(2)22-13-6-4-5-9-21-13/h1,7-8,11-13,17H,4-6,9-10H2,2H3,(H,19,20)/t11-,12-,13?/m0/s1. The van der Waals surface area contributed by atoms with Crippen molar-refractivity contribution in [3.63, 3.8) is 0 Å². The SMILES string of the molecule is C#C[C@@H](CNC(=O)O)n1ccnc1[C@H](C)OC1CCCCO1. The fraction of sp³-hybridized carbons (Fsp3) is 0.600. The quantitative estimate of drug-likeness (QED) is 0.784. The number of terminal acetylenes is 1. The van der Waals surface area contributed by atoms with Gasteiger partial charge in [-0.2, -0.15) is 0 Å². The minimum Gasteiger partial charge on any atom is -0.465 e. The maximum absolute atomic E-state index is 10.6. The molecule has 2 rings (SSSR count). The van der Waals surface area contributed by atoms with Crippen molar-refractivity contribution in [2.24, 2.45) is 0 Å². The van der Waals surface area contributed by atoms with E-state index in [4.69, 9.17) is 21.0 Å². The molecular weight excluding hydrogens is 286 g/mol. The van der Waals surface area contributed by atoms with Gasteiger partial charge in [-0.05, 0) is 26.2 Å². The van der Waals surface area contributed by atoms with Gasteiger partial charge in [-0.15, -0.1) is 6.42 Å². The molecule has 1 unspecified atom stereocenters. The summed E-state index contributed by atoms with van der Waals surface area (Å²) in [5.74, 6) is 3.23. The molecule has 0 radical (unpaired) electrons. The van der Waals surface area contributed by atoms with Crippen LogP contribution in [0.3, 0.4) is 0 Å². The second-order valence-corrected chi connectivity index (χ2v) is 5.14. The van der Waals surface area contributed by atoms with E-state index in [1.54, 1.807) is 17.0 Å². The predicted molar refractivity (Wildman–Crippen MR) is 79.2 cm³/mol. The van der Waals surface area contributed by atoms with Crippen LogP contribution in [0, 0.1) is 12.3 Å². The van der Waals surface area contributed by atoms with E-state index in [1.807, 2.05) is 6.92 Å². The number of hydrogen-bond donors (Lipinski definition) is 2. The Morgan fingerprint density at radius 3 is 3.18 bits per heavy atom. The van der Waals surface area contributed by atoms with Gasteiger partial charge in [0.15, 0.2) is 6.29 Å². The summed E-state index contributed by atoms with van der Waals surface area (Å²) in [6.45, 7) is 2.71. The lowest BCUT2D eigenvalue weighted by molar-refractivity contribution is -0.188. The van der Waals surface area contributed by atoms with E-state index in [-0.39, 0.29) is 18.9 Å². The minimum absolute atomic E-state index is 0.113. The Morgan fingerprint density at radius 2 is 2.55 bits per heavy atom. The van der Waals surface area contributed by atoms with Crippen molar-refractivity contribution in [3.05, 3.63) is 18.2 Å². The molecule has 120 valence electrons. The first kappa shape index (κ1) is 16.3. The summed E-state index contributed by atoms with van der Waals surface area (Å²) in [5.41, 5.74) is 0. The Balaban J connectivity index is 2.03. The Kier molecular flexibility index (Phi) is 5.81. The number of carboxylic acid groups (broad SMARTS) is 1. The minimum atomic E-state index is -1.11. The highest BCUT2D eigenvalue weighted by Gasteiger charge is 2.23. The van der Waals surface area contributed by atoms with Crippen LogP contribution in [0.1, 0.15) is 44.2 Å². The van der Waals surface area contributed by atoms with Crippen molar-refractivity contribution in [3.8, 4) is 12.3 Å².